The lowest BCUT2D eigenvalue weighted by molar-refractivity contribution is -0.125. The molecule has 0 spiro atoms. The van der Waals surface area contributed by atoms with Crippen molar-refractivity contribution in [1.29, 1.82) is 0 Å². The van der Waals surface area contributed by atoms with Gasteiger partial charge in [0.05, 0.1) is 0 Å². The summed E-state index contributed by atoms with van der Waals surface area (Å²) in [7, 11) is 2.15. The lowest BCUT2D eigenvalue weighted by atomic mass is 9.62. The normalized spacial score (nSPS) is 51.0. The number of hydrogen-bond acceptors (Lipinski definition) is 3. The first-order valence-corrected chi connectivity index (χ1v) is 11.4. The molecule has 25 heavy (non-hydrogen) atoms. The fourth-order valence-electron chi connectivity index (χ4n) is 6.97. The highest BCUT2D eigenvalue weighted by atomic mass is 32.2. The maximum absolute atomic E-state index is 16.2. The topological polar surface area (TPSA) is 20.3 Å². The summed E-state index contributed by atoms with van der Waals surface area (Å²) in [6.07, 6.45) is 7.19. The Morgan fingerprint density at radius 1 is 1.16 bits per heavy atom. The van der Waals surface area contributed by atoms with E-state index in [-0.39, 0.29) is 22.5 Å². The van der Waals surface area contributed by atoms with E-state index in [9.17, 15) is 4.79 Å². The van der Waals surface area contributed by atoms with Gasteiger partial charge in [0.2, 0.25) is 0 Å². The molecule has 2 nitrogen and oxygen atoms in total. The monoisotopic (exact) mass is 367 g/mol. The highest BCUT2D eigenvalue weighted by molar-refractivity contribution is 8.00. The van der Waals surface area contributed by atoms with Gasteiger partial charge in [0.15, 0.2) is 0 Å². The second-order valence-electron chi connectivity index (χ2n) is 9.69. The quantitative estimate of drug-likeness (QED) is 0.677. The lowest BCUT2D eigenvalue weighted by Crippen LogP contribution is -2.56. The Labute approximate surface area is 156 Å². The van der Waals surface area contributed by atoms with Crippen molar-refractivity contribution in [2.75, 3.05) is 25.9 Å². The first-order valence-electron chi connectivity index (χ1n) is 10.3. The van der Waals surface area contributed by atoms with Gasteiger partial charge < -0.3 is 4.90 Å². The molecule has 4 heteroatoms. The summed E-state index contributed by atoms with van der Waals surface area (Å²) in [4.78, 5) is 14.6. The van der Waals surface area contributed by atoms with Crippen molar-refractivity contribution in [1.82, 2.24) is 4.90 Å². The van der Waals surface area contributed by atoms with Crippen molar-refractivity contribution in [2.45, 2.75) is 69.7 Å². The molecule has 4 fully saturated rings. The number of rotatable bonds is 1. The predicted octanol–water partition coefficient (Wildman–Crippen LogP) is 4.57. The van der Waals surface area contributed by atoms with Crippen LogP contribution in [0.2, 0.25) is 0 Å². The molecule has 142 valence electrons. The van der Waals surface area contributed by atoms with Crippen molar-refractivity contribution < 1.29 is 9.18 Å². The van der Waals surface area contributed by atoms with E-state index in [0.717, 1.165) is 50.9 Å². The van der Waals surface area contributed by atoms with Gasteiger partial charge in [-0.15, -0.1) is 0 Å². The molecule has 0 radical (unpaired) electrons. The number of likely N-dealkylation sites (tertiary alicyclic amines) is 1. The van der Waals surface area contributed by atoms with Crippen LogP contribution in [0, 0.1) is 29.1 Å². The number of ketones is 1. The molecule has 3 aliphatic heterocycles. The third-order valence-electron chi connectivity index (χ3n) is 8.43. The third kappa shape index (κ3) is 2.90. The average Bonchev–Trinajstić information content (AvgIpc) is 2.87. The molecular weight excluding hydrogens is 333 g/mol. The summed E-state index contributed by atoms with van der Waals surface area (Å²) >= 11 is 1.95. The van der Waals surface area contributed by atoms with Gasteiger partial charge >= 0.3 is 0 Å². The number of fused-ring (bicyclic) bond motifs is 7. The van der Waals surface area contributed by atoms with E-state index in [1.165, 1.54) is 6.42 Å². The Morgan fingerprint density at radius 3 is 2.72 bits per heavy atom. The second kappa shape index (κ2) is 6.51. The van der Waals surface area contributed by atoms with Gasteiger partial charge in [-0.05, 0) is 81.9 Å². The zero-order chi connectivity index (χ0) is 17.8. The molecule has 3 heterocycles. The van der Waals surface area contributed by atoms with Crippen molar-refractivity contribution in [3.63, 3.8) is 0 Å². The molecule has 0 aromatic carbocycles. The van der Waals surface area contributed by atoms with Crippen LogP contribution in [0.1, 0.15) is 58.8 Å². The smallest absolute Gasteiger partial charge is 0.133 e. The van der Waals surface area contributed by atoms with Crippen LogP contribution in [0.5, 0.6) is 0 Å². The number of halogens is 1. The maximum Gasteiger partial charge on any atom is 0.133 e. The van der Waals surface area contributed by atoms with Crippen LogP contribution < -0.4 is 0 Å². The van der Waals surface area contributed by atoms with E-state index in [0.29, 0.717) is 24.0 Å². The van der Waals surface area contributed by atoms with Crippen molar-refractivity contribution in [3.05, 3.63) is 0 Å². The van der Waals surface area contributed by atoms with Crippen LogP contribution in [-0.4, -0.2) is 47.5 Å². The fraction of sp³-hybridized carbons (Fsp3) is 0.952. The summed E-state index contributed by atoms with van der Waals surface area (Å²) in [5.41, 5.74) is -0.875. The summed E-state index contributed by atoms with van der Waals surface area (Å²) in [6, 6.07) is 0. The molecule has 7 atom stereocenters. The van der Waals surface area contributed by atoms with E-state index < -0.39 is 5.67 Å². The summed E-state index contributed by atoms with van der Waals surface area (Å²) in [6.45, 7) is 5.98. The Morgan fingerprint density at radius 2 is 1.96 bits per heavy atom. The van der Waals surface area contributed by atoms with Crippen LogP contribution in [0.15, 0.2) is 0 Å². The molecule has 2 bridgehead atoms. The number of carbonyl (C=O) groups excluding carboxylic acids is 1. The standard InChI is InChI=1S/C21H34FNOS/c1-14(24)17-6-7-18-15-4-5-16-12-23(3)11-10-21(16,22)19(25-13-15)8-9-20(17,18)2/h15-19H,4-13H2,1-3H3/t15-,16+,17+,18?,19?,20+,21+/m0/s1. The summed E-state index contributed by atoms with van der Waals surface area (Å²) < 4.78 is 16.2. The molecule has 2 unspecified atom stereocenters. The number of nitrogens with zero attached hydrogens (tertiary/aromatic N) is 1. The molecule has 0 aromatic heterocycles. The van der Waals surface area contributed by atoms with Gasteiger partial charge in [-0.1, -0.05) is 6.92 Å². The molecule has 0 aromatic rings. The lowest BCUT2D eigenvalue weighted by Gasteiger charge is -2.52. The van der Waals surface area contributed by atoms with E-state index in [4.69, 9.17) is 0 Å². The minimum absolute atomic E-state index is 0.115. The first kappa shape index (κ1) is 18.3. The minimum atomic E-state index is -0.990. The molecule has 3 saturated heterocycles. The molecule has 1 saturated carbocycles. The SMILES string of the molecule is CC(=O)[C@H]1CCC2[C@H]3CC[C@@H]4CN(C)CC[C@]4(F)C(CC[C@@]21C)SC3. The maximum atomic E-state index is 16.2. The zero-order valence-electron chi connectivity index (χ0n) is 16.1. The highest BCUT2D eigenvalue weighted by Crippen LogP contribution is 2.60. The van der Waals surface area contributed by atoms with Crippen molar-refractivity contribution in [2.24, 2.45) is 29.1 Å². The highest BCUT2D eigenvalue weighted by Gasteiger charge is 2.56. The number of Topliss-reactive ketones (excluding diaryl/α,β-unsaturated/α-hetero) is 1. The zero-order valence-corrected chi connectivity index (χ0v) is 16.9. The largest absolute Gasteiger partial charge is 0.306 e. The van der Waals surface area contributed by atoms with Gasteiger partial charge in [0.25, 0.3) is 0 Å². The second-order valence-corrected chi connectivity index (χ2v) is 10.9. The van der Waals surface area contributed by atoms with E-state index in [1.54, 1.807) is 6.92 Å². The minimum Gasteiger partial charge on any atom is -0.306 e. The Balaban J connectivity index is 1.65. The van der Waals surface area contributed by atoms with Gasteiger partial charge in [-0.25, -0.2) is 4.39 Å². The van der Waals surface area contributed by atoms with E-state index >= 15 is 4.39 Å². The number of thioether (sulfide) groups is 1. The summed E-state index contributed by atoms with van der Waals surface area (Å²) in [5.74, 6) is 3.26. The predicted molar refractivity (Wildman–Crippen MR) is 103 cm³/mol. The average molecular weight is 368 g/mol. The Bertz CT molecular complexity index is 542. The molecule has 1 aliphatic carbocycles. The summed E-state index contributed by atoms with van der Waals surface area (Å²) in [5, 5.41) is 0.139. The third-order valence-corrected chi connectivity index (χ3v) is 10.1. The van der Waals surface area contributed by atoms with Gasteiger partial charge in [-0.3, -0.25) is 4.79 Å². The van der Waals surface area contributed by atoms with Gasteiger partial charge in [0, 0.05) is 30.2 Å². The van der Waals surface area contributed by atoms with Crippen LogP contribution in [0.25, 0.3) is 0 Å². The van der Waals surface area contributed by atoms with Crippen molar-refractivity contribution in [3.8, 4) is 0 Å². The number of piperidine rings is 1. The number of hydrogen-bond donors (Lipinski definition) is 0. The van der Waals surface area contributed by atoms with Gasteiger partial charge in [0.1, 0.15) is 11.5 Å². The number of carbonyl (C=O) groups is 1. The number of alkyl halides is 1. The molecule has 4 rings (SSSR count). The Hall–Kier alpha value is -0.0900. The molecule has 4 aliphatic rings. The molecule has 0 N–H and O–H groups in total. The van der Waals surface area contributed by atoms with Crippen LogP contribution in [0.3, 0.4) is 0 Å². The molecular formula is C21H34FNOS. The van der Waals surface area contributed by atoms with Crippen LogP contribution in [0.4, 0.5) is 4.39 Å². The Kier molecular flexibility index (Phi) is 4.76. The molecule has 0 amide bonds. The van der Waals surface area contributed by atoms with Crippen LogP contribution in [-0.2, 0) is 4.79 Å². The van der Waals surface area contributed by atoms with E-state index in [1.807, 2.05) is 11.8 Å². The fourth-order valence-corrected chi connectivity index (χ4v) is 8.72. The van der Waals surface area contributed by atoms with E-state index in [2.05, 4.69) is 18.9 Å². The van der Waals surface area contributed by atoms with Crippen LogP contribution >= 0.6 is 11.8 Å². The van der Waals surface area contributed by atoms with Gasteiger partial charge in [-0.2, -0.15) is 11.8 Å². The first-order chi connectivity index (χ1) is 11.8. The van der Waals surface area contributed by atoms with Crippen molar-refractivity contribution >= 4 is 17.5 Å².